The van der Waals surface area contributed by atoms with Crippen LogP contribution in [-0.4, -0.2) is 4.98 Å². The molecule has 0 saturated carbocycles. The van der Waals surface area contributed by atoms with Crippen molar-refractivity contribution in [2.45, 2.75) is 12.5 Å². The maximum atomic E-state index is 13.1. The van der Waals surface area contributed by atoms with Gasteiger partial charge < -0.3 is 0 Å². The van der Waals surface area contributed by atoms with Crippen molar-refractivity contribution in [3.05, 3.63) is 65.2 Å². The van der Waals surface area contributed by atoms with Crippen molar-refractivity contribution in [2.24, 2.45) is 5.84 Å². The highest BCUT2D eigenvalue weighted by atomic mass is 19.2. The smallest absolute Gasteiger partial charge is 0.159 e. The summed E-state index contributed by atoms with van der Waals surface area (Å²) in [7, 11) is 0. The van der Waals surface area contributed by atoms with E-state index in [1.807, 2.05) is 0 Å². The molecule has 0 radical (unpaired) electrons. The zero-order valence-corrected chi connectivity index (χ0v) is 9.91. The van der Waals surface area contributed by atoms with Crippen molar-refractivity contribution in [3.8, 4) is 0 Å². The highest BCUT2D eigenvalue weighted by molar-refractivity contribution is 5.23. The van der Waals surface area contributed by atoms with Crippen molar-refractivity contribution < 1.29 is 13.2 Å². The molecule has 2 rings (SSSR count). The zero-order chi connectivity index (χ0) is 13.8. The van der Waals surface area contributed by atoms with E-state index in [1.165, 1.54) is 18.3 Å². The Kier molecular flexibility index (Phi) is 4.13. The minimum absolute atomic E-state index is 0.291. The number of hydrogen-bond acceptors (Lipinski definition) is 3. The molecule has 19 heavy (non-hydrogen) atoms. The molecule has 3 nitrogen and oxygen atoms in total. The lowest BCUT2D eigenvalue weighted by atomic mass is 10.0. The van der Waals surface area contributed by atoms with Crippen molar-refractivity contribution in [1.29, 1.82) is 0 Å². The number of rotatable bonds is 4. The fraction of sp³-hybridized carbons (Fsp3) is 0.154. The van der Waals surface area contributed by atoms with E-state index in [9.17, 15) is 13.2 Å². The van der Waals surface area contributed by atoms with Crippen LogP contribution < -0.4 is 11.3 Å². The van der Waals surface area contributed by atoms with Gasteiger partial charge in [-0.1, -0.05) is 6.07 Å². The summed E-state index contributed by atoms with van der Waals surface area (Å²) < 4.78 is 39.0. The van der Waals surface area contributed by atoms with E-state index in [-0.39, 0.29) is 0 Å². The molecule has 1 atom stereocenters. The predicted molar refractivity (Wildman–Crippen MR) is 64.3 cm³/mol. The van der Waals surface area contributed by atoms with Crippen LogP contribution in [0, 0.1) is 17.5 Å². The molecular weight excluding hydrogens is 255 g/mol. The number of halogens is 3. The molecule has 0 saturated heterocycles. The van der Waals surface area contributed by atoms with Gasteiger partial charge >= 0.3 is 0 Å². The topological polar surface area (TPSA) is 50.9 Å². The van der Waals surface area contributed by atoms with Crippen LogP contribution >= 0.6 is 0 Å². The molecule has 0 aliphatic carbocycles. The van der Waals surface area contributed by atoms with E-state index in [2.05, 4.69) is 10.4 Å². The first-order chi connectivity index (χ1) is 9.10. The van der Waals surface area contributed by atoms with Crippen LogP contribution in [0.5, 0.6) is 0 Å². The van der Waals surface area contributed by atoms with Gasteiger partial charge in [-0.2, -0.15) is 0 Å². The summed E-state index contributed by atoms with van der Waals surface area (Å²) >= 11 is 0. The standard InChI is InChI=1S/C13H12F3N3/c14-10-5-9(6-18-7-10)13(19-17)4-8-1-2-11(15)12(16)3-8/h1-3,5-7,13,19H,4,17H2. The van der Waals surface area contributed by atoms with Gasteiger partial charge in [0.2, 0.25) is 0 Å². The molecule has 0 fully saturated rings. The molecule has 0 aliphatic heterocycles. The van der Waals surface area contributed by atoms with Gasteiger partial charge in [-0.05, 0) is 35.7 Å². The molecule has 0 spiro atoms. The maximum Gasteiger partial charge on any atom is 0.159 e. The summed E-state index contributed by atoms with van der Waals surface area (Å²) in [6.07, 6.45) is 2.83. The van der Waals surface area contributed by atoms with E-state index in [4.69, 9.17) is 5.84 Å². The van der Waals surface area contributed by atoms with Crippen LogP contribution in [0.25, 0.3) is 0 Å². The van der Waals surface area contributed by atoms with Gasteiger partial charge in [-0.3, -0.25) is 16.3 Å². The van der Waals surface area contributed by atoms with Gasteiger partial charge in [0.25, 0.3) is 0 Å². The summed E-state index contributed by atoms with van der Waals surface area (Å²) in [5, 5.41) is 0. The van der Waals surface area contributed by atoms with Crippen molar-refractivity contribution in [2.75, 3.05) is 0 Å². The second-order valence-corrected chi connectivity index (χ2v) is 4.11. The fourth-order valence-electron chi connectivity index (χ4n) is 1.79. The maximum absolute atomic E-state index is 13.1. The third kappa shape index (κ3) is 3.30. The lowest BCUT2D eigenvalue weighted by Gasteiger charge is -2.16. The van der Waals surface area contributed by atoms with Crippen molar-refractivity contribution in [1.82, 2.24) is 10.4 Å². The predicted octanol–water partition coefficient (Wildman–Crippen LogP) is 2.25. The summed E-state index contributed by atoms with van der Waals surface area (Å²) in [4.78, 5) is 3.72. The Hall–Kier alpha value is -1.92. The van der Waals surface area contributed by atoms with Crippen LogP contribution in [0.3, 0.4) is 0 Å². The Morgan fingerprint density at radius 3 is 2.53 bits per heavy atom. The molecular formula is C13H12F3N3. The summed E-state index contributed by atoms with van der Waals surface area (Å²) in [5.41, 5.74) is 3.59. The molecule has 100 valence electrons. The van der Waals surface area contributed by atoms with Gasteiger partial charge in [0.1, 0.15) is 5.82 Å². The summed E-state index contributed by atoms with van der Waals surface area (Å²) in [6.45, 7) is 0. The lowest BCUT2D eigenvalue weighted by Crippen LogP contribution is -2.29. The molecule has 1 unspecified atom stereocenters. The van der Waals surface area contributed by atoms with Gasteiger partial charge in [0.15, 0.2) is 11.6 Å². The molecule has 1 heterocycles. The van der Waals surface area contributed by atoms with Crippen LogP contribution in [0.2, 0.25) is 0 Å². The SMILES string of the molecule is NNC(Cc1ccc(F)c(F)c1)c1cncc(F)c1. The quantitative estimate of drug-likeness (QED) is 0.660. The lowest BCUT2D eigenvalue weighted by molar-refractivity contribution is 0.502. The number of aromatic nitrogens is 1. The molecule has 2 aromatic rings. The van der Waals surface area contributed by atoms with Crippen molar-refractivity contribution in [3.63, 3.8) is 0 Å². The molecule has 0 amide bonds. The number of benzene rings is 1. The molecule has 1 aromatic heterocycles. The fourth-order valence-corrected chi connectivity index (χ4v) is 1.79. The highest BCUT2D eigenvalue weighted by Crippen LogP contribution is 2.19. The minimum Gasteiger partial charge on any atom is -0.271 e. The Morgan fingerprint density at radius 1 is 1.11 bits per heavy atom. The number of hydrogen-bond donors (Lipinski definition) is 2. The second-order valence-electron chi connectivity index (χ2n) is 4.11. The zero-order valence-electron chi connectivity index (χ0n) is 9.91. The number of nitrogens with zero attached hydrogens (tertiary/aromatic N) is 1. The first-order valence-electron chi connectivity index (χ1n) is 5.60. The van der Waals surface area contributed by atoms with E-state index < -0.39 is 23.5 Å². The summed E-state index contributed by atoms with van der Waals surface area (Å²) in [6, 6.07) is 4.44. The Balaban J connectivity index is 2.21. The molecule has 0 aliphatic rings. The first-order valence-corrected chi connectivity index (χ1v) is 5.60. The largest absolute Gasteiger partial charge is 0.271 e. The van der Waals surface area contributed by atoms with Crippen molar-refractivity contribution >= 4 is 0 Å². The van der Waals surface area contributed by atoms with Crippen LogP contribution in [-0.2, 0) is 6.42 Å². The highest BCUT2D eigenvalue weighted by Gasteiger charge is 2.13. The minimum atomic E-state index is -0.925. The van der Waals surface area contributed by atoms with Crippen LogP contribution in [0.1, 0.15) is 17.2 Å². The Morgan fingerprint density at radius 2 is 1.89 bits per heavy atom. The average Bonchev–Trinajstić information content (AvgIpc) is 2.40. The number of nitrogens with one attached hydrogen (secondary N) is 1. The van der Waals surface area contributed by atoms with Gasteiger partial charge in [0.05, 0.1) is 12.2 Å². The number of hydrazine groups is 1. The molecule has 0 bridgehead atoms. The van der Waals surface area contributed by atoms with E-state index in [1.54, 1.807) is 0 Å². The van der Waals surface area contributed by atoms with E-state index >= 15 is 0 Å². The third-order valence-corrected chi connectivity index (χ3v) is 2.75. The normalized spacial score (nSPS) is 12.4. The van der Waals surface area contributed by atoms with Crippen LogP contribution in [0.15, 0.2) is 36.7 Å². The van der Waals surface area contributed by atoms with E-state index in [0.717, 1.165) is 18.3 Å². The molecule has 1 aromatic carbocycles. The monoisotopic (exact) mass is 267 g/mol. The Bertz CT molecular complexity index is 575. The first kappa shape index (κ1) is 13.5. The van der Waals surface area contributed by atoms with E-state index in [0.29, 0.717) is 17.5 Å². The van der Waals surface area contributed by atoms with Gasteiger partial charge in [-0.15, -0.1) is 0 Å². The average molecular weight is 267 g/mol. The number of nitrogens with two attached hydrogens (primary N) is 1. The molecule has 3 N–H and O–H groups in total. The Labute approximate surface area is 108 Å². The van der Waals surface area contributed by atoms with Gasteiger partial charge in [0, 0.05) is 6.20 Å². The third-order valence-electron chi connectivity index (χ3n) is 2.75. The second kappa shape index (κ2) is 5.81. The van der Waals surface area contributed by atoms with Gasteiger partial charge in [-0.25, -0.2) is 13.2 Å². The van der Waals surface area contributed by atoms with Crippen LogP contribution in [0.4, 0.5) is 13.2 Å². The summed E-state index contributed by atoms with van der Waals surface area (Å²) in [5.74, 6) is 3.09. The number of pyridine rings is 1. The molecule has 6 heteroatoms.